The Hall–Kier alpha value is -0.450. The van der Waals surface area contributed by atoms with Crippen molar-refractivity contribution >= 4 is 11.3 Å². The fourth-order valence-electron chi connectivity index (χ4n) is 2.25. The van der Waals surface area contributed by atoms with E-state index in [4.69, 9.17) is 0 Å². The topological polar surface area (TPSA) is 28.2 Å². The van der Waals surface area contributed by atoms with Crippen molar-refractivity contribution in [3.63, 3.8) is 0 Å². The lowest BCUT2D eigenvalue weighted by Gasteiger charge is -2.13. The first-order valence-electron chi connectivity index (χ1n) is 6.11. The smallest absolute Gasteiger partial charge is 0.0798 e. The van der Waals surface area contributed by atoms with Crippen molar-refractivity contribution in [3.05, 3.63) is 16.1 Å². The predicted molar refractivity (Wildman–Crippen MR) is 68.8 cm³/mol. The standard InChI is InChI=1S/C12H21N3S/c1-3-15-5-4-11(8-15)6-13-7-12-10(2)14-9-16-12/h9,11,13H,3-8H2,1-2H3. The molecule has 1 aromatic rings. The number of likely N-dealkylation sites (tertiary alicyclic amines) is 1. The number of hydrogen-bond donors (Lipinski definition) is 1. The van der Waals surface area contributed by atoms with Crippen molar-refractivity contribution in [1.82, 2.24) is 15.2 Å². The minimum absolute atomic E-state index is 0.841. The van der Waals surface area contributed by atoms with Crippen molar-refractivity contribution in [1.29, 1.82) is 0 Å². The zero-order valence-electron chi connectivity index (χ0n) is 10.2. The molecule has 0 spiro atoms. The van der Waals surface area contributed by atoms with Crippen LogP contribution in [0.4, 0.5) is 0 Å². The van der Waals surface area contributed by atoms with Gasteiger partial charge < -0.3 is 10.2 Å². The highest BCUT2D eigenvalue weighted by molar-refractivity contribution is 7.09. The molecule has 0 aromatic carbocycles. The third-order valence-corrected chi connectivity index (χ3v) is 4.32. The van der Waals surface area contributed by atoms with E-state index >= 15 is 0 Å². The molecular weight excluding hydrogens is 218 g/mol. The molecule has 16 heavy (non-hydrogen) atoms. The van der Waals surface area contributed by atoms with Gasteiger partial charge in [0.1, 0.15) is 0 Å². The summed E-state index contributed by atoms with van der Waals surface area (Å²) < 4.78 is 0. The Bertz CT molecular complexity index is 324. The van der Waals surface area contributed by atoms with Gasteiger partial charge in [0, 0.05) is 18.0 Å². The highest BCUT2D eigenvalue weighted by Gasteiger charge is 2.20. The van der Waals surface area contributed by atoms with Crippen LogP contribution in [0.3, 0.4) is 0 Å². The van der Waals surface area contributed by atoms with Gasteiger partial charge in [-0.3, -0.25) is 0 Å². The monoisotopic (exact) mass is 239 g/mol. The van der Waals surface area contributed by atoms with Gasteiger partial charge in [0.2, 0.25) is 0 Å². The highest BCUT2D eigenvalue weighted by Crippen LogP contribution is 2.15. The molecule has 4 heteroatoms. The van der Waals surface area contributed by atoms with E-state index in [1.807, 2.05) is 5.51 Å². The molecule has 0 radical (unpaired) electrons. The fourth-order valence-corrected chi connectivity index (χ4v) is 3.00. The molecule has 1 saturated heterocycles. The first-order valence-corrected chi connectivity index (χ1v) is 6.99. The maximum Gasteiger partial charge on any atom is 0.0798 e. The molecule has 1 N–H and O–H groups in total. The lowest BCUT2D eigenvalue weighted by atomic mass is 10.1. The molecule has 0 saturated carbocycles. The summed E-state index contributed by atoms with van der Waals surface area (Å²) in [4.78, 5) is 8.17. The molecule has 2 rings (SSSR count). The van der Waals surface area contributed by atoms with Gasteiger partial charge in [0.15, 0.2) is 0 Å². The predicted octanol–water partition coefficient (Wildman–Crippen LogP) is 1.88. The Morgan fingerprint density at radius 3 is 3.12 bits per heavy atom. The van der Waals surface area contributed by atoms with E-state index in [0.717, 1.165) is 19.0 Å². The Kier molecular flexibility index (Phi) is 4.32. The number of aryl methyl sites for hydroxylation is 1. The summed E-state index contributed by atoms with van der Waals surface area (Å²) in [5, 5.41) is 3.56. The van der Waals surface area contributed by atoms with Gasteiger partial charge in [-0.2, -0.15) is 0 Å². The van der Waals surface area contributed by atoms with Crippen LogP contribution in [-0.4, -0.2) is 36.1 Å². The molecule has 1 aliphatic rings. The Labute approximate surface area is 102 Å². The minimum Gasteiger partial charge on any atom is -0.311 e. The second kappa shape index (κ2) is 5.75. The molecule has 1 fully saturated rings. The molecule has 2 heterocycles. The average Bonchev–Trinajstić information content (AvgIpc) is 2.89. The SMILES string of the molecule is CCN1CCC(CNCc2scnc2C)C1. The van der Waals surface area contributed by atoms with E-state index in [0.29, 0.717) is 0 Å². The van der Waals surface area contributed by atoms with Crippen LogP contribution in [0.1, 0.15) is 23.9 Å². The summed E-state index contributed by atoms with van der Waals surface area (Å²) in [6, 6.07) is 0. The van der Waals surface area contributed by atoms with Crippen molar-refractivity contribution in [2.75, 3.05) is 26.2 Å². The molecular formula is C12H21N3S. The zero-order valence-corrected chi connectivity index (χ0v) is 11.0. The molecule has 0 aliphatic carbocycles. The molecule has 0 bridgehead atoms. The summed E-state index contributed by atoms with van der Waals surface area (Å²) in [6.45, 7) is 10.2. The molecule has 3 nitrogen and oxygen atoms in total. The fraction of sp³-hybridized carbons (Fsp3) is 0.750. The lowest BCUT2D eigenvalue weighted by molar-refractivity contribution is 0.339. The number of rotatable bonds is 5. The van der Waals surface area contributed by atoms with Crippen LogP contribution in [0.2, 0.25) is 0 Å². The van der Waals surface area contributed by atoms with E-state index in [1.165, 1.54) is 36.6 Å². The van der Waals surface area contributed by atoms with Crippen LogP contribution < -0.4 is 5.32 Å². The molecule has 1 unspecified atom stereocenters. The van der Waals surface area contributed by atoms with Crippen molar-refractivity contribution in [2.45, 2.75) is 26.8 Å². The van der Waals surface area contributed by atoms with E-state index in [-0.39, 0.29) is 0 Å². The highest BCUT2D eigenvalue weighted by atomic mass is 32.1. The van der Waals surface area contributed by atoms with Gasteiger partial charge in [-0.05, 0) is 38.9 Å². The average molecular weight is 239 g/mol. The molecule has 1 atom stereocenters. The number of hydrogen-bond acceptors (Lipinski definition) is 4. The normalized spacial score (nSPS) is 21.8. The third-order valence-electron chi connectivity index (χ3n) is 3.38. The van der Waals surface area contributed by atoms with Gasteiger partial charge in [0.25, 0.3) is 0 Å². The largest absolute Gasteiger partial charge is 0.311 e. The van der Waals surface area contributed by atoms with Gasteiger partial charge in [0.05, 0.1) is 11.2 Å². The van der Waals surface area contributed by atoms with Crippen LogP contribution in [-0.2, 0) is 6.54 Å². The number of aromatic nitrogens is 1. The summed E-state index contributed by atoms with van der Waals surface area (Å²) >= 11 is 1.75. The van der Waals surface area contributed by atoms with E-state index in [2.05, 4.69) is 29.0 Å². The number of nitrogens with one attached hydrogen (secondary N) is 1. The molecule has 1 aromatic heterocycles. The second-order valence-corrected chi connectivity index (χ2v) is 5.48. The summed E-state index contributed by atoms with van der Waals surface area (Å²) in [7, 11) is 0. The summed E-state index contributed by atoms with van der Waals surface area (Å²) in [5.74, 6) is 0.841. The lowest BCUT2D eigenvalue weighted by Crippen LogP contribution is -2.26. The molecule has 1 aliphatic heterocycles. The second-order valence-electron chi connectivity index (χ2n) is 4.54. The van der Waals surface area contributed by atoms with Crippen molar-refractivity contribution in [3.8, 4) is 0 Å². The summed E-state index contributed by atoms with van der Waals surface area (Å²) in [6.07, 6.45) is 1.35. The van der Waals surface area contributed by atoms with Crippen molar-refractivity contribution in [2.24, 2.45) is 5.92 Å². The van der Waals surface area contributed by atoms with Crippen LogP contribution in [0.5, 0.6) is 0 Å². The maximum absolute atomic E-state index is 4.26. The van der Waals surface area contributed by atoms with Crippen LogP contribution in [0, 0.1) is 12.8 Å². The molecule has 0 amide bonds. The van der Waals surface area contributed by atoms with Crippen LogP contribution in [0.25, 0.3) is 0 Å². The number of nitrogens with zero attached hydrogens (tertiary/aromatic N) is 2. The maximum atomic E-state index is 4.26. The van der Waals surface area contributed by atoms with Gasteiger partial charge in [-0.25, -0.2) is 4.98 Å². The quantitative estimate of drug-likeness (QED) is 0.850. The Morgan fingerprint density at radius 1 is 1.62 bits per heavy atom. The number of thiazole rings is 1. The first-order chi connectivity index (χ1) is 7.79. The zero-order chi connectivity index (χ0) is 11.4. The van der Waals surface area contributed by atoms with E-state index < -0.39 is 0 Å². The summed E-state index contributed by atoms with van der Waals surface area (Å²) in [5.41, 5.74) is 3.11. The van der Waals surface area contributed by atoms with E-state index in [1.54, 1.807) is 11.3 Å². The first kappa shape index (κ1) is 12.0. The van der Waals surface area contributed by atoms with Gasteiger partial charge in [-0.1, -0.05) is 6.92 Å². The Balaban J connectivity index is 1.67. The van der Waals surface area contributed by atoms with Crippen LogP contribution in [0.15, 0.2) is 5.51 Å². The van der Waals surface area contributed by atoms with E-state index in [9.17, 15) is 0 Å². The Morgan fingerprint density at radius 2 is 2.50 bits per heavy atom. The van der Waals surface area contributed by atoms with Gasteiger partial charge in [-0.15, -0.1) is 11.3 Å². The third kappa shape index (κ3) is 3.03. The van der Waals surface area contributed by atoms with Crippen molar-refractivity contribution < 1.29 is 0 Å². The minimum atomic E-state index is 0.841. The van der Waals surface area contributed by atoms with Crippen LogP contribution >= 0.6 is 11.3 Å². The molecule has 90 valence electrons. The van der Waals surface area contributed by atoms with Gasteiger partial charge >= 0.3 is 0 Å².